The maximum absolute atomic E-state index is 11.5. The molecular weight excluding hydrogens is 280 g/mol. The van der Waals surface area contributed by atoms with E-state index >= 15 is 0 Å². The van der Waals surface area contributed by atoms with Crippen LogP contribution in [-0.2, 0) is 4.79 Å². The van der Waals surface area contributed by atoms with E-state index in [-0.39, 0.29) is 11.6 Å². The number of primary amides is 1. The number of benzene rings is 1. The lowest BCUT2D eigenvalue weighted by Crippen LogP contribution is -2.17. The minimum atomic E-state index is -0.723. The second-order valence-electron chi connectivity index (χ2n) is 4.88. The molecule has 6 heteroatoms. The van der Waals surface area contributed by atoms with Crippen molar-refractivity contribution in [3.05, 3.63) is 29.5 Å². The first kappa shape index (κ1) is 13.0. The fourth-order valence-electron chi connectivity index (χ4n) is 2.26. The number of alkyl halides is 1. The average Bonchev–Trinajstić information content (AvgIpc) is 3.22. The van der Waals surface area contributed by atoms with Gasteiger partial charge in [0, 0.05) is 5.39 Å². The van der Waals surface area contributed by atoms with Crippen LogP contribution in [0, 0.1) is 0 Å². The van der Waals surface area contributed by atoms with E-state index in [1.165, 1.54) is 5.56 Å². The molecule has 1 heterocycles. The Morgan fingerprint density at radius 1 is 1.40 bits per heavy atom. The molecule has 0 bridgehead atoms. The number of nitrogens with two attached hydrogens (primary N) is 1. The predicted octanol–water partition coefficient (Wildman–Crippen LogP) is 2.59. The summed E-state index contributed by atoms with van der Waals surface area (Å²) >= 11 is 5.48. The van der Waals surface area contributed by atoms with Crippen molar-refractivity contribution < 1.29 is 14.0 Å². The van der Waals surface area contributed by atoms with Gasteiger partial charge in [-0.2, -0.15) is 0 Å². The van der Waals surface area contributed by atoms with Gasteiger partial charge in [-0.15, -0.1) is 11.6 Å². The molecule has 3 rings (SSSR count). The molecule has 0 unspecified atom stereocenters. The van der Waals surface area contributed by atoms with Crippen molar-refractivity contribution >= 4 is 40.1 Å². The Kier molecular flexibility index (Phi) is 3.14. The normalized spacial score (nSPS) is 14.4. The average molecular weight is 293 g/mol. The molecule has 3 N–H and O–H groups in total. The summed E-state index contributed by atoms with van der Waals surface area (Å²) in [6.07, 6.45) is 2.32. The van der Waals surface area contributed by atoms with Gasteiger partial charge in [-0.3, -0.25) is 9.59 Å². The lowest BCUT2D eigenvalue weighted by atomic mass is 10.1. The van der Waals surface area contributed by atoms with Crippen molar-refractivity contribution in [2.24, 2.45) is 5.73 Å². The molecule has 0 spiro atoms. The molecule has 1 saturated carbocycles. The monoisotopic (exact) mass is 292 g/mol. The van der Waals surface area contributed by atoms with Gasteiger partial charge in [-0.05, 0) is 36.5 Å². The fraction of sp³-hybridized carbons (Fsp3) is 0.286. The number of furan rings is 1. The third-order valence-corrected chi connectivity index (χ3v) is 3.61. The molecule has 5 nitrogen and oxygen atoms in total. The highest BCUT2D eigenvalue weighted by Gasteiger charge is 2.26. The first-order valence-corrected chi connectivity index (χ1v) is 6.85. The Morgan fingerprint density at radius 2 is 2.15 bits per heavy atom. The molecule has 20 heavy (non-hydrogen) atoms. The number of halogens is 1. The summed E-state index contributed by atoms with van der Waals surface area (Å²) in [7, 11) is 0. The van der Waals surface area contributed by atoms with Crippen LogP contribution in [0.15, 0.2) is 22.6 Å². The molecule has 1 aliphatic rings. The molecule has 2 amide bonds. The highest BCUT2D eigenvalue weighted by Crippen LogP contribution is 2.42. The summed E-state index contributed by atoms with van der Waals surface area (Å²) in [6.45, 7) is 0. The van der Waals surface area contributed by atoms with Crippen molar-refractivity contribution in [2.45, 2.75) is 18.8 Å². The summed E-state index contributed by atoms with van der Waals surface area (Å²) in [5.41, 5.74) is 7.29. The van der Waals surface area contributed by atoms with E-state index in [4.69, 9.17) is 21.8 Å². The van der Waals surface area contributed by atoms with Crippen LogP contribution in [0.1, 0.15) is 34.9 Å². The Balaban J connectivity index is 2.14. The van der Waals surface area contributed by atoms with Gasteiger partial charge in [0.1, 0.15) is 17.2 Å². The molecule has 0 radical (unpaired) electrons. The smallest absolute Gasteiger partial charge is 0.286 e. The van der Waals surface area contributed by atoms with E-state index in [9.17, 15) is 9.59 Å². The van der Waals surface area contributed by atoms with Crippen molar-refractivity contribution in [2.75, 3.05) is 11.2 Å². The molecule has 1 fully saturated rings. The molecule has 1 aromatic heterocycles. The summed E-state index contributed by atoms with van der Waals surface area (Å²) < 4.78 is 5.43. The molecule has 2 aromatic rings. The highest BCUT2D eigenvalue weighted by atomic mass is 35.5. The van der Waals surface area contributed by atoms with Gasteiger partial charge in [0.15, 0.2) is 0 Å². The second kappa shape index (κ2) is 4.83. The number of hydrogen-bond acceptors (Lipinski definition) is 3. The van der Waals surface area contributed by atoms with E-state index in [0.717, 1.165) is 12.8 Å². The number of hydrogen-bond donors (Lipinski definition) is 2. The van der Waals surface area contributed by atoms with Crippen LogP contribution in [0.2, 0.25) is 0 Å². The number of amides is 2. The van der Waals surface area contributed by atoms with E-state index < -0.39 is 11.8 Å². The van der Waals surface area contributed by atoms with Gasteiger partial charge in [0.05, 0.1) is 0 Å². The van der Waals surface area contributed by atoms with Crippen molar-refractivity contribution in [3.8, 4) is 0 Å². The summed E-state index contributed by atoms with van der Waals surface area (Å²) in [6, 6.07) is 5.71. The lowest BCUT2D eigenvalue weighted by molar-refractivity contribution is -0.113. The van der Waals surface area contributed by atoms with Crippen molar-refractivity contribution in [3.63, 3.8) is 0 Å². The van der Waals surface area contributed by atoms with Crippen LogP contribution in [0.3, 0.4) is 0 Å². The summed E-state index contributed by atoms with van der Waals surface area (Å²) in [5.74, 6) is -0.824. The van der Waals surface area contributed by atoms with Crippen LogP contribution in [-0.4, -0.2) is 17.7 Å². The van der Waals surface area contributed by atoms with Gasteiger partial charge in [-0.1, -0.05) is 6.07 Å². The topological polar surface area (TPSA) is 85.3 Å². The highest BCUT2D eigenvalue weighted by molar-refractivity contribution is 6.29. The van der Waals surface area contributed by atoms with Gasteiger partial charge >= 0.3 is 0 Å². The molecule has 1 aromatic carbocycles. The minimum absolute atomic E-state index is 0.0496. The van der Waals surface area contributed by atoms with Crippen LogP contribution < -0.4 is 11.1 Å². The standard InChI is InChI=1S/C14H13ClN2O3/c15-6-11(18)17-12-9-5-8(7-1-2-7)3-4-10(9)20-13(12)14(16)19/h3-5,7H,1-2,6H2,(H2,16,19)(H,17,18). The molecule has 0 saturated heterocycles. The number of carbonyl (C=O) groups excluding carboxylic acids is 2. The van der Waals surface area contributed by atoms with E-state index in [0.29, 0.717) is 22.6 Å². The first-order valence-electron chi connectivity index (χ1n) is 6.32. The van der Waals surface area contributed by atoms with Crippen molar-refractivity contribution in [1.29, 1.82) is 0 Å². The molecule has 104 valence electrons. The number of nitrogens with one attached hydrogen (secondary N) is 1. The molecule has 0 atom stereocenters. The Morgan fingerprint density at radius 3 is 2.75 bits per heavy atom. The van der Waals surface area contributed by atoms with E-state index in [1.54, 1.807) is 6.07 Å². The fourth-order valence-corrected chi connectivity index (χ4v) is 2.32. The number of carbonyl (C=O) groups is 2. The molecular formula is C14H13ClN2O3. The maximum atomic E-state index is 11.5. The minimum Gasteiger partial charge on any atom is -0.449 e. The first-order chi connectivity index (χ1) is 9.60. The number of rotatable bonds is 4. The second-order valence-corrected chi connectivity index (χ2v) is 5.15. The Labute approximate surface area is 120 Å². The summed E-state index contributed by atoms with van der Waals surface area (Å²) in [5, 5.41) is 3.27. The number of fused-ring (bicyclic) bond motifs is 1. The van der Waals surface area contributed by atoms with E-state index in [2.05, 4.69) is 5.32 Å². The quantitative estimate of drug-likeness (QED) is 0.849. The lowest BCUT2D eigenvalue weighted by Gasteiger charge is -2.03. The Hall–Kier alpha value is -2.01. The molecule has 0 aliphatic heterocycles. The van der Waals surface area contributed by atoms with Crippen LogP contribution >= 0.6 is 11.6 Å². The number of anilines is 1. The van der Waals surface area contributed by atoms with Gasteiger partial charge in [0.2, 0.25) is 11.7 Å². The third-order valence-electron chi connectivity index (χ3n) is 3.37. The predicted molar refractivity (Wildman–Crippen MR) is 76.1 cm³/mol. The maximum Gasteiger partial charge on any atom is 0.286 e. The van der Waals surface area contributed by atoms with Crippen LogP contribution in [0.5, 0.6) is 0 Å². The van der Waals surface area contributed by atoms with Gasteiger partial charge in [0.25, 0.3) is 5.91 Å². The van der Waals surface area contributed by atoms with E-state index in [1.807, 2.05) is 12.1 Å². The zero-order chi connectivity index (χ0) is 14.3. The van der Waals surface area contributed by atoms with Gasteiger partial charge < -0.3 is 15.5 Å². The summed E-state index contributed by atoms with van der Waals surface area (Å²) in [4.78, 5) is 22.9. The Bertz CT molecular complexity index is 704. The largest absolute Gasteiger partial charge is 0.449 e. The van der Waals surface area contributed by atoms with Crippen LogP contribution in [0.25, 0.3) is 11.0 Å². The SMILES string of the molecule is NC(=O)c1oc2ccc(C3CC3)cc2c1NC(=O)CCl. The van der Waals surface area contributed by atoms with Crippen molar-refractivity contribution in [1.82, 2.24) is 0 Å². The third kappa shape index (κ3) is 2.25. The van der Waals surface area contributed by atoms with Crippen LogP contribution in [0.4, 0.5) is 5.69 Å². The zero-order valence-corrected chi connectivity index (χ0v) is 11.4. The molecule has 1 aliphatic carbocycles. The zero-order valence-electron chi connectivity index (χ0n) is 10.6. The van der Waals surface area contributed by atoms with Gasteiger partial charge in [-0.25, -0.2) is 0 Å².